The number of urea groups is 1. The molecule has 0 spiro atoms. The molecule has 3 heterocycles. The van der Waals surface area contributed by atoms with E-state index in [1.165, 1.54) is 34.1 Å². The molecule has 0 aromatic carbocycles. The van der Waals surface area contributed by atoms with Crippen molar-refractivity contribution in [2.45, 2.75) is 36.7 Å². The molecular weight excluding hydrogens is 483 g/mol. The second-order valence-electron chi connectivity index (χ2n) is 8.61. The fourth-order valence-electron chi connectivity index (χ4n) is 3.96. The number of rotatable bonds is 8. The van der Waals surface area contributed by atoms with Gasteiger partial charge in [0.1, 0.15) is 36.3 Å². The Labute approximate surface area is 199 Å². The number of alkyl halides is 1. The van der Waals surface area contributed by atoms with Gasteiger partial charge in [-0.3, -0.25) is 4.68 Å². The van der Waals surface area contributed by atoms with E-state index in [2.05, 4.69) is 14.8 Å². The zero-order chi connectivity index (χ0) is 24.1. The average Bonchev–Trinajstić information content (AvgIpc) is 3.17. The number of imide groups is 1. The highest BCUT2D eigenvalue weighted by Gasteiger charge is 2.49. The Hall–Kier alpha value is -3.03. The molecule has 1 fully saturated rings. The molecule has 1 aliphatic heterocycles. The Morgan fingerprint density at radius 1 is 1.35 bits per heavy atom. The number of sulfonamides is 1. The largest absolute Gasteiger partial charge is 0.502 e. The van der Waals surface area contributed by atoms with Crippen molar-refractivity contribution in [1.29, 1.82) is 0 Å². The molecule has 3 amide bonds. The van der Waals surface area contributed by atoms with Crippen LogP contribution in [0.1, 0.15) is 24.1 Å². The Morgan fingerprint density at radius 3 is 2.76 bits per heavy atom. The highest BCUT2D eigenvalue weighted by atomic mass is 32.2. The molecule has 3 aliphatic rings. The van der Waals surface area contributed by atoms with Crippen LogP contribution in [-0.4, -0.2) is 67.8 Å². The minimum absolute atomic E-state index is 0.0198. The van der Waals surface area contributed by atoms with Crippen molar-refractivity contribution in [3.8, 4) is 0 Å². The van der Waals surface area contributed by atoms with Crippen molar-refractivity contribution < 1.29 is 27.0 Å². The molecule has 178 valence electrons. The lowest BCUT2D eigenvalue weighted by atomic mass is 9.99. The van der Waals surface area contributed by atoms with E-state index >= 15 is 0 Å². The smallest absolute Gasteiger partial charge is 0.275 e. The number of hydrogen-bond donors (Lipinski definition) is 1. The SMILES string of the molecule is Cn1cc(CN2C(=O)C3=CC(S(=O)(=O)NC4(CF)CC4)C=CC3=[N+](Cc3cscn3)C2=O)cn1. The third kappa shape index (κ3) is 4.14. The Kier molecular flexibility index (Phi) is 5.57. The van der Waals surface area contributed by atoms with E-state index in [1.54, 1.807) is 35.0 Å². The van der Waals surface area contributed by atoms with Crippen LogP contribution in [0, 0.1) is 0 Å². The number of carbonyl (C=O) groups excluding carboxylic acids is 2. The number of carbonyl (C=O) groups is 2. The number of aromatic nitrogens is 3. The van der Waals surface area contributed by atoms with Gasteiger partial charge >= 0.3 is 11.9 Å². The number of hydrogen-bond acceptors (Lipinski definition) is 7. The quantitative estimate of drug-likeness (QED) is 0.540. The first-order valence-corrected chi connectivity index (χ1v) is 13.0. The van der Waals surface area contributed by atoms with E-state index < -0.39 is 39.4 Å². The van der Waals surface area contributed by atoms with E-state index in [1.807, 2.05) is 0 Å². The topological polar surface area (TPSA) is 117 Å². The minimum Gasteiger partial charge on any atom is -0.275 e. The Balaban J connectivity index is 1.53. The van der Waals surface area contributed by atoms with E-state index in [4.69, 9.17) is 0 Å². The van der Waals surface area contributed by atoms with Crippen molar-refractivity contribution in [3.63, 3.8) is 0 Å². The van der Waals surface area contributed by atoms with E-state index in [0.717, 1.165) is 4.90 Å². The summed E-state index contributed by atoms with van der Waals surface area (Å²) in [6.45, 7) is -0.685. The molecule has 1 N–H and O–H groups in total. The molecule has 10 nitrogen and oxygen atoms in total. The van der Waals surface area contributed by atoms with E-state index in [0.29, 0.717) is 29.8 Å². The number of aryl methyl sites for hydroxylation is 1. The lowest BCUT2D eigenvalue weighted by molar-refractivity contribution is -0.453. The second kappa shape index (κ2) is 8.32. The second-order valence-corrected chi connectivity index (χ2v) is 11.2. The van der Waals surface area contributed by atoms with Crippen LogP contribution in [-0.2, 0) is 35.0 Å². The van der Waals surface area contributed by atoms with Crippen LogP contribution in [0.3, 0.4) is 0 Å². The van der Waals surface area contributed by atoms with Gasteiger partial charge in [0.05, 0.1) is 22.9 Å². The van der Waals surface area contributed by atoms with Crippen LogP contribution in [0.15, 0.2) is 47.1 Å². The molecule has 0 bridgehead atoms. The molecule has 1 unspecified atom stereocenters. The maximum absolute atomic E-state index is 13.4. The van der Waals surface area contributed by atoms with Gasteiger partial charge in [-0.1, -0.05) is 6.08 Å². The summed E-state index contributed by atoms with van der Waals surface area (Å²) >= 11 is 1.38. The van der Waals surface area contributed by atoms with Crippen LogP contribution >= 0.6 is 11.3 Å². The summed E-state index contributed by atoms with van der Waals surface area (Å²) in [7, 11) is -2.26. The summed E-state index contributed by atoms with van der Waals surface area (Å²) in [5, 5.41) is 4.71. The highest BCUT2D eigenvalue weighted by molar-refractivity contribution is 7.90. The van der Waals surface area contributed by atoms with Gasteiger partial charge in [0.2, 0.25) is 10.0 Å². The predicted octanol–water partition coefficient (Wildman–Crippen LogP) is 1.28. The van der Waals surface area contributed by atoms with Crippen molar-refractivity contribution >= 4 is 39.0 Å². The van der Waals surface area contributed by atoms with Gasteiger partial charge in [0.25, 0.3) is 0 Å². The van der Waals surface area contributed by atoms with Crippen LogP contribution < -0.4 is 4.72 Å². The van der Waals surface area contributed by atoms with E-state index in [-0.39, 0.29) is 18.7 Å². The molecule has 13 heteroatoms. The summed E-state index contributed by atoms with van der Waals surface area (Å²) < 4.78 is 44.6. The minimum atomic E-state index is -3.98. The first-order valence-electron chi connectivity index (χ1n) is 10.6. The first-order chi connectivity index (χ1) is 16.2. The Bertz CT molecular complexity index is 1360. The maximum Gasteiger partial charge on any atom is 0.502 e. The van der Waals surface area contributed by atoms with Gasteiger partial charge in [-0.2, -0.15) is 19.4 Å². The average molecular weight is 506 g/mol. The third-order valence-corrected chi connectivity index (χ3v) is 8.37. The number of allylic oxidation sites excluding steroid dienone is 1. The van der Waals surface area contributed by atoms with Gasteiger partial charge in [0, 0.05) is 24.2 Å². The van der Waals surface area contributed by atoms with Crippen LogP contribution in [0.5, 0.6) is 0 Å². The third-order valence-electron chi connectivity index (χ3n) is 6.01. The number of amides is 3. The summed E-state index contributed by atoms with van der Waals surface area (Å²) in [4.78, 5) is 32.1. The monoisotopic (exact) mass is 505 g/mol. The molecular formula is C21H22FN6O4S2+. The van der Waals surface area contributed by atoms with Crippen LogP contribution in [0.4, 0.5) is 9.18 Å². The highest BCUT2D eigenvalue weighted by Crippen LogP contribution is 2.37. The van der Waals surface area contributed by atoms with Gasteiger partial charge < -0.3 is 0 Å². The fourth-order valence-corrected chi connectivity index (χ4v) is 6.11. The Morgan fingerprint density at radius 2 is 2.15 bits per heavy atom. The zero-order valence-electron chi connectivity index (χ0n) is 18.2. The lowest BCUT2D eigenvalue weighted by Crippen LogP contribution is -2.51. The number of halogens is 1. The van der Waals surface area contributed by atoms with Crippen LogP contribution in [0.2, 0.25) is 0 Å². The first kappa shape index (κ1) is 22.7. The van der Waals surface area contributed by atoms with Crippen molar-refractivity contribution in [3.05, 3.63) is 58.3 Å². The number of fused-ring (bicyclic) bond motifs is 1. The molecule has 34 heavy (non-hydrogen) atoms. The summed E-state index contributed by atoms with van der Waals surface area (Å²) in [6, 6.07) is -0.535. The van der Waals surface area contributed by atoms with Crippen molar-refractivity contribution in [2.24, 2.45) is 7.05 Å². The molecule has 2 aromatic heterocycles. The number of nitrogens with one attached hydrogen (secondary N) is 1. The number of nitrogens with zero attached hydrogens (tertiary/aromatic N) is 5. The summed E-state index contributed by atoms with van der Waals surface area (Å²) in [6.07, 6.45) is 8.32. The molecule has 1 atom stereocenters. The van der Waals surface area contributed by atoms with Gasteiger partial charge in [0.15, 0.2) is 0 Å². The molecule has 2 aromatic rings. The molecule has 0 saturated heterocycles. The van der Waals surface area contributed by atoms with Crippen molar-refractivity contribution in [2.75, 3.05) is 6.67 Å². The number of thiazole rings is 1. The van der Waals surface area contributed by atoms with Gasteiger partial charge in [-0.05, 0) is 25.0 Å². The zero-order valence-corrected chi connectivity index (χ0v) is 19.9. The molecule has 0 radical (unpaired) electrons. The van der Waals surface area contributed by atoms with Gasteiger partial charge in [-0.15, -0.1) is 11.3 Å². The van der Waals surface area contributed by atoms with Crippen LogP contribution in [0.25, 0.3) is 0 Å². The van der Waals surface area contributed by atoms with Gasteiger partial charge in [-0.25, -0.2) is 27.3 Å². The van der Waals surface area contributed by atoms with Crippen molar-refractivity contribution in [1.82, 2.24) is 24.4 Å². The summed E-state index contributed by atoms with van der Waals surface area (Å²) in [5.74, 6) is -0.602. The molecule has 2 aliphatic carbocycles. The predicted molar refractivity (Wildman–Crippen MR) is 121 cm³/mol. The van der Waals surface area contributed by atoms with E-state index in [9.17, 15) is 22.4 Å². The standard InChI is InChI=1S/C21H22FN6O4S2/c1-26-8-14(7-24-26)9-28-19(29)17-6-16(34(31,32)25-21(12-22)4-5-21)2-3-18(17)27(20(28)30)10-15-11-33-13-23-15/h2-3,6-8,11,13,16,25H,4-5,9-10,12H2,1H3/q+1. The normalized spacial score (nSPS) is 21.6. The molecule has 1 saturated carbocycles. The summed E-state index contributed by atoms with van der Waals surface area (Å²) in [5.41, 5.74) is 2.30. The maximum atomic E-state index is 13.4. The fraction of sp³-hybridized carbons (Fsp3) is 0.381. The lowest BCUT2D eigenvalue weighted by Gasteiger charge is -2.26. The molecule has 5 rings (SSSR count).